The summed E-state index contributed by atoms with van der Waals surface area (Å²) in [7, 11) is 0. The van der Waals surface area contributed by atoms with Crippen LogP contribution >= 0.6 is 0 Å². The third kappa shape index (κ3) is 5.02. The van der Waals surface area contributed by atoms with Gasteiger partial charge in [-0.15, -0.1) is 0 Å². The maximum absolute atomic E-state index is 6.77. The van der Waals surface area contributed by atoms with Crippen molar-refractivity contribution >= 4 is 17.1 Å². The summed E-state index contributed by atoms with van der Waals surface area (Å²) in [5, 5.41) is 0. The summed E-state index contributed by atoms with van der Waals surface area (Å²) < 4.78 is 6.77. The van der Waals surface area contributed by atoms with E-state index < -0.39 is 10.8 Å². The third-order valence-corrected chi connectivity index (χ3v) is 14.0. The van der Waals surface area contributed by atoms with Gasteiger partial charge >= 0.3 is 0 Å². The summed E-state index contributed by atoms with van der Waals surface area (Å²) in [5.41, 5.74) is 19.6. The molecule has 0 radical (unpaired) electrons. The Bertz CT molecular complexity index is 3320. The molecule has 0 saturated heterocycles. The van der Waals surface area contributed by atoms with Crippen LogP contribution in [0.5, 0.6) is 11.5 Å². The molecular weight excluding hydrogens is 775 g/mol. The second-order valence-electron chi connectivity index (χ2n) is 17.1. The van der Waals surface area contributed by atoms with Crippen molar-refractivity contribution in [2.45, 2.75) is 10.8 Å². The number of benzene rings is 10. The fourth-order valence-corrected chi connectivity index (χ4v) is 11.5. The van der Waals surface area contributed by atoms with E-state index in [0.717, 1.165) is 45.3 Å². The number of nitrogens with zero attached hydrogens (tertiary/aromatic N) is 1. The molecule has 0 amide bonds. The summed E-state index contributed by atoms with van der Waals surface area (Å²) in [4.78, 5) is 2.45. The number of hydrogen-bond acceptors (Lipinski definition) is 2. The van der Waals surface area contributed by atoms with E-state index in [4.69, 9.17) is 4.74 Å². The summed E-state index contributed by atoms with van der Waals surface area (Å²) >= 11 is 0. The van der Waals surface area contributed by atoms with Gasteiger partial charge in [0.05, 0.1) is 16.5 Å². The van der Waals surface area contributed by atoms with Gasteiger partial charge in [-0.2, -0.15) is 0 Å². The van der Waals surface area contributed by atoms with Gasteiger partial charge in [0.15, 0.2) is 0 Å². The average Bonchev–Trinajstić information content (AvgIpc) is 3.84. The standard InChI is InChI=1S/C62H41NO/c1-4-19-44(20-5-1)61(45-21-6-2-7-22-45)52-29-13-12-27-50(52)51-28-18-33-57(60(51)61)63(46-23-8-3-9-24-46)47-38-35-42(36-39-47)43-37-40-59-56(41-43)62(55-32-16-17-34-58(55)64-59)53-30-14-10-25-48(53)49-26-11-15-31-54(49)62/h1-41H. The van der Waals surface area contributed by atoms with Gasteiger partial charge in [-0.05, 0) is 110 Å². The van der Waals surface area contributed by atoms with E-state index in [1.165, 1.54) is 61.2 Å². The van der Waals surface area contributed by atoms with Crippen molar-refractivity contribution in [1.29, 1.82) is 0 Å². The van der Waals surface area contributed by atoms with Crippen molar-refractivity contribution in [3.8, 4) is 44.9 Å². The van der Waals surface area contributed by atoms with Crippen LogP contribution in [0.3, 0.4) is 0 Å². The maximum Gasteiger partial charge on any atom is 0.132 e. The SMILES string of the molecule is c1ccc(N(c2ccc(-c3ccc4c(c3)C3(c5ccccc5O4)c4ccccc4-c4ccccc43)cc2)c2cccc3c2C(c2ccccc2)(c2ccccc2)c2ccccc2-3)cc1. The quantitative estimate of drug-likeness (QED) is 0.166. The molecule has 1 aliphatic heterocycles. The molecule has 300 valence electrons. The van der Waals surface area contributed by atoms with Crippen LogP contribution in [-0.4, -0.2) is 0 Å². The van der Waals surface area contributed by atoms with Crippen molar-refractivity contribution in [1.82, 2.24) is 0 Å². The van der Waals surface area contributed by atoms with Gasteiger partial charge in [0.2, 0.25) is 0 Å². The zero-order valence-corrected chi connectivity index (χ0v) is 35.0. The molecule has 1 spiro atoms. The number of anilines is 3. The van der Waals surface area contributed by atoms with Crippen molar-refractivity contribution < 1.29 is 4.74 Å². The van der Waals surface area contributed by atoms with E-state index in [0.29, 0.717) is 0 Å². The predicted octanol–water partition coefficient (Wildman–Crippen LogP) is 15.7. The van der Waals surface area contributed by atoms with E-state index >= 15 is 0 Å². The molecule has 64 heavy (non-hydrogen) atoms. The largest absolute Gasteiger partial charge is 0.457 e. The topological polar surface area (TPSA) is 12.5 Å². The smallest absolute Gasteiger partial charge is 0.132 e. The van der Waals surface area contributed by atoms with Gasteiger partial charge in [0.25, 0.3) is 0 Å². The number of ether oxygens (including phenoxy) is 1. The second-order valence-corrected chi connectivity index (χ2v) is 17.1. The number of para-hydroxylation sites is 2. The molecular formula is C62H41NO. The Balaban J connectivity index is 0.994. The molecule has 2 aliphatic carbocycles. The van der Waals surface area contributed by atoms with E-state index in [-0.39, 0.29) is 0 Å². The lowest BCUT2D eigenvalue weighted by Crippen LogP contribution is -2.32. The molecule has 0 bridgehead atoms. The van der Waals surface area contributed by atoms with Crippen LogP contribution in [-0.2, 0) is 10.8 Å². The molecule has 2 heteroatoms. The first-order valence-electron chi connectivity index (χ1n) is 22.2. The molecule has 0 saturated carbocycles. The Labute approximate surface area is 374 Å². The first-order chi connectivity index (χ1) is 31.8. The molecule has 0 N–H and O–H groups in total. The van der Waals surface area contributed by atoms with E-state index in [9.17, 15) is 0 Å². The van der Waals surface area contributed by atoms with Crippen LogP contribution in [0, 0.1) is 0 Å². The Hall–Kier alpha value is -8.20. The minimum Gasteiger partial charge on any atom is -0.457 e. The van der Waals surface area contributed by atoms with Crippen LogP contribution in [0.25, 0.3) is 33.4 Å². The molecule has 1 heterocycles. The minimum absolute atomic E-state index is 0.521. The van der Waals surface area contributed by atoms with Crippen molar-refractivity contribution in [2.75, 3.05) is 4.90 Å². The van der Waals surface area contributed by atoms with Crippen LogP contribution in [0.4, 0.5) is 17.1 Å². The lowest BCUT2D eigenvalue weighted by Gasteiger charge is -2.39. The zero-order chi connectivity index (χ0) is 42.2. The van der Waals surface area contributed by atoms with Gasteiger partial charge in [-0.1, -0.05) is 200 Å². The van der Waals surface area contributed by atoms with Gasteiger partial charge in [-0.3, -0.25) is 0 Å². The maximum atomic E-state index is 6.77. The highest BCUT2D eigenvalue weighted by molar-refractivity contribution is 5.95. The first-order valence-corrected chi connectivity index (χ1v) is 22.2. The van der Waals surface area contributed by atoms with Gasteiger partial charge in [-0.25, -0.2) is 0 Å². The lowest BCUT2D eigenvalue weighted by atomic mass is 9.66. The fraction of sp³-hybridized carbons (Fsp3) is 0.0323. The highest BCUT2D eigenvalue weighted by Crippen LogP contribution is 2.63. The summed E-state index contributed by atoms with van der Waals surface area (Å²) in [6.45, 7) is 0. The van der Waals surface area contributed by atoms with Crippen molar-refractivity contribution in [3.05, 3.63) is 293 Å². The van der Waals surface area contributed by atoms with Crippen LogP contribution in [0.2, 0.25) is 0 Å². The summed E-state index contributed by atoms with van der Waals surface area (Å²) in [5.74, 6) is 1.79. The van der Waals surface area contributed by atoms with E-state index in [2.05, 4.69) is 254 Å². The predicted molar refractivity (Wildman–Crippen MR) is 261 cm³/mol. The normalized spacial score (nSPS) is 14.0. The van der Waals surface area contributed by atoms with Crippen LogP contribution in [0.1, 0.15) is 44.5 Å². The molecule has 0 aromatic heterocycles. The highest BCUT2D eigenvalue weighted by Gasteiger charge is 2.51. The summed E-state index contributed by atoms with van der Waals surface area (Å²) in [6, 6.07) is 91.1. The van der Waals surface area contributed by atoms with Gasteiger partial charge in [0, 0.05) is 28.1 Å². The van der Waals surface area contributed by atoms with E-state index in [1.54, 1.807) is 0 Å². The molecule has 3 aliphatic rings. The first kappa shape index (κ1) is 36.5. The molecule has 0 fully saturated rings. The van der Waals surface area contributed by atoms with Crippen molar-refractivity contribution in [3.63, 3.8) is 0 Å². The zero-order valence-electron chi connectivity index (χ0n) is 35.0. The minimum atomic E-state index is -0.560. The highest BCUT2D eigenvalue weighted by atomic mass is 16.5. The molecule has 0 atom stereocenters. The Kier molecular flexibility index (Phi) is 8.07. The van der Waals surface area contributed by atoms with Gasteiger partial charge in [0.1, 0.15) is 11.5 Å². The number of fused-ring (bicyclic) bond motifs is 12. The molecule has 10 aromatic carbocycles. The molecule has 0 unspecified atom stereocenters. The molecule has 10 aromatic rings. The average molecular weight is 816 g/mol. The molecule has 2 nitrogen and oxygen atoms in total. The Morgan fingerprint density at radius 1 is 0.297 bits per heavy atom. The summed E-state index contributed by atoms with van der Waals surface area (Å²) in [6.07, 6.45) is 0. The van der Waals surface area contributed by atoms with E-state index in [1.807, 2.05) is 0 Å². The van der Waals surface area contributed by atoms with Crippen LogP contribution in [0.15, 0.2) is 249 Å². The number of hydrogen-bond donors (Lipinski definition) is 0. The fourth-order valence-electron chi connectivity index (χ4n) is 11.5. The lowest BCUT2D eigenvalue weighted by molar-refractivity contribution is 0.436. The molecule has 13 rings (SSSR count). The Morgan fingerprint density at radius 2 is 0.750 bits per heavy atom. The van der Waals surface area contributed by atoms with Crippen LogP contribution < -0.4 is 9.64 Å². The second kappa shape index (κ2) is 14.2. The van der Waals surface area contributed by atoms with Crippen molar-refractivity contribution in [2.24, 2.45) is 0 Å². The number of rotatable bonds is 6. The third-order valence-electron chi connectivity index (χ3n) is 14.0. The van der Waals surface area contributed by atoms with Gasteiger partial charge < -0.3 is 9.64 Å². The monoisotopic (exact) mass is 815 g/mol. The Morgan fingerprint density at radius 3 is 1.38 bits per heavy atom.